The fourth-order valence-corrected chi connectivity index (χ4v) is 8.32. The van der Waals surface area contributed by atoms with E-state index in [-0.39, 0.29) is 18.5 Å². The highest BCUT2D eigenvalue weighted by molar-refractivity contribution is 7.93. The maximum atomic E-state index is 13.1. The summed E-state index contributed by atoms with van der Waals surface area (Å²) in [7, 11) is -3.68. The third-order valence-electron chi connectivity index (χ3n) is 7.52. The van der Waals surface area contributed by atoms with Crippen LogP contribution < -0.4 is 9.62 Å². The van der Waals surface area contributed by atoms with Crippen LogP contribution in [0.25, 0.3) is 10.8 Å². The van der Waals surface area contributed by atoms with Gasteiger partial charge in [0.05, 0.1) is 10.6 Å². The van der Waals surface area contributed by atoms with E-state index in [0.29, 0.717) is 22.4 Å². The Hall–Kier alpha value is -2.08. The number of carbonyl (C=O) groups is 1. The molecule has 1 amide bonds. The number of sulfonamides is 1. The van der Waals surface area contributed by atoms with Crippen molar-refractivity contribution in [1.29, 1.82) is 0 Å². The molecule has 7 rings (SSSR count). The Labute approximate surface area is 165 Å². The Morgan fingerprint density at radius 1 is 0.964 bits per heavy atom. The number of hydrogen-bond donors (Lipinski definition) is 1. The highest BCUT2D eigenvalue weighted by Gasteiger charge is 2.49. The second-order valence-electron chi connectivity index (χ2n) is 9.17. The van der Waals surface area contributed by atoms with Crippen LogP contribution in [0.4, 0.5) is 5.69 Å². The van der Waals surface area contributed by atoms with Crippen LogP contribution in [0.5, 0.6) is 0 Å². The number of anilines is 1. The lowest BCUT2D eigenvalue weighted by Crippen LogP contribution is -2.57. The van der Waals surface area contributed by atoms with E-state index in [9.17, 15) is 13.2 Å². The summed E-state index contributed by atoms with van der Waals surface area (Å²) in [6.45, 7) is -0.140. The van der Waals surface area contributed by atoms with Crippen LogP contribution in [0.2, 0.25) is 0 Å². The quantitative estimate of drug-likeness (QED) is 0.866. The van der Waals surface area contributed by atoms with E-state index in [0.717, 1.165) is 22.6 Å². The Kier molecular flexibility index (Phi) is 3.44. The van der Waals surface area contributed by atoms with E-state index in [1.165, 1.54) is 36.4 Å². The molecule has 0 unspecified atom stereocenters. The van der Waals surface area contributed by atoms with Crippen molar-refractivity contribution in [3.63, 3.8) is 0 Å². The molecule has 1 aliphatic heterocycles. The fourth-order valence-electron chi connectivity index (χ4n) is 6.65. The van der Waals surface area contributed by atoms with Crippen LogP contribution in [0, 0.1) is 23.7 Å². The van der Waals surface area contributed by atoms with Crippen LogP contribution in [-0.4, -0.2) is 26.9 Å². The second-order valence-corrected chi connectivity index (χ2v) is 11.0. The number of nitrogens with zero attached hydrogens (tertiary/aromatic N) is 1. The van der Waals surface area contributed by atoms with Crippen LogP contribution in [0.15, 0.2) is 41.3 Å². The lowest BCUT2D eigenvalue weighted by Gasteiger charge is -2.54. The van der Waals surface area contributed by atoms with Gasteiger partial charge < -0.3 is 5.32 Å². The van der Waals surface area contributed by atoms with Gasteiger partial charge in [0.2, 0.25) is 5.91 Å². The third-order valence-corrected chi connectivity index (χ3v) is 9.32. The van der Waals surface area contributed by atoms with Crippen molar-refractivity contribution < 1.29 is 13.2 Å². The molecular formula is C22H24N2O3S. The predicted molar refractivity (Wildman–Crippen MR) is 107 cm³/mol. The van der Waals surface area contributed by atoms with Gasteiger partial charge >= 0.3 is 0 Å². The minimum absolute atomic E-state index is 0.140. The zero-order valence-corrected chi connectivity index (χ0v) is 16.5. The molecule has 0 saturated heterocycles. The minimum atomic E-state index is -3.68. The van der Waals surface area contributed by atoms with E-state index in [1.54, 1.807) is 18.2 Å². The molecule has 4 bridgehead atoms. The molecule has 5 nitrogen and oxygen atoms in total. The highest BCUT2D eigenvalue weighted by atomic mass is 32.2. The number of rotatable bonds is 3. The van der Waals surface area contributed by atoms with Gasteiger partial charge in [0.25, 0.3) is 10.0 Å². The largest absolute Gasteiger partial charge is 0.351 e. The summed E-state index contributed by atoms with van der Waals surface area (Å²) in [5.41, 5.74) is 0.619. The number of carbonyl (C=O) groups excluding carboxylic acids is 1. The highest BCUT2D eigenvalue weighted by Crippen LogP contribution is 2.53. The molecule has 2 aromatic rings. The van der Waals surface area contributed by atoms with E-state index in [2.05, 4.69) is 5.32 Å². The lowest BCUT2D eigenvalue weighted by molar-refractivity contribution is -0.123. The summed E-state index contributed by atoms with van der Waals surface area (Å²) in [6.07, 6.45) is 6.28. The Bertz CT molecular complexity index is 1060. The molecule has 0 radical (unpaired) electrons. The average molecular weight is 397 g/mol. The summed E-state index contributed by atoms with van der Waals surface area (Å²) in [5, 5.41) is 4.86. The average Bonchev–Trinajstić information content (AvgIpc) is 2.88. The minimum Gasteiger partial charge on any atom is -0.351 e. The standard InChI is InChI=1S/C22H24N2O3S/c25-20(23-22-16-8-13-7-14(10-16)11-17(22)9-13)12-24-18-5-1-3-15-4-2-6-19(21(15)18)28(24,26)27/h1-6,13-14,16-17,22H,7-12H2,(H,23,25). The van der Waals surface area contributed by atoms with Crippen molar-refractivity contribution in [2.75, 3.05) is 10.8 Å². The summed E-state index contributed by atoms with van der Waals surface area (Å²) in [4.78, 5) is 13.2. The van der Waals surface area contributed by atoms with Gasteiger partial charge in [0.15, 0.2) is 0 Å². The fraction of sp³-hybridized carbons (Fsp3) is 0.500. The Morgan fingerprint density at radius 3 is 2.29 bits per heavy atom. The molecule has 4 aliphatic carbocycles. The van der Waals surface area contributed by atoms with Crippen molar-refractivity contribution >= 4 is 32.4 Å². The molecule has 0 atom stereocenters. The summed E-state index contributed by atoms with van der Waals surface area (Å²) in [5.74, 6) is 2.68. The van der Waals surface area contributed by atoms with Gasteiger partial charge in [0, 0.05) is 11.4 Å². The monoisotopic (exact) mass is 396 g/mol. The molecule has 0 spiro atoms. The van der Waals surface area contributed by atoms with Crippen LogP contribution >= 0.6 is 0 Å². The smallest absolute Gasteiger partial charge is 0.265 e. The van der Waals surface area contributed by atoms with E-state index >= 15 is 0 Å². The number of hydrogen-bond acceptors (Lipinski definition) is 3. The van der Waals surface area contributed by atoms with Crippen molar-refractivity contribution in [2.24, 2.45) is 23.7 Å². The molecule has 28 heavy (non-hydrogen) atoms. The van der Waals surface area contributed by atoms with Gasteiger partial charge in [-0.25, -0.2) is 8.42 Å². The number of amides is 1. The molecule has 0 aromatic heterocycles. The first kappa shape index (κ1) is 16.8. The number of benzene rings is 2. The zero-order chi connectivity index (χ0) is 19.0. The Balaban J connectivity index is 1.27. The maximum absolute atomic E-state index is 13.1. The van der Waals surface area contributed by atoms with Crippen molar-refractivity contribution in [3.8, 4) is 0 Å². The summed E-state index contributed by atoms with van der Waals surface area (Å²) < 4.78 is 27.5. The van der Waals surface area contributed by atoms with Crippen molar-refractivity contribution in [1.82, 2.24) is 5.32 Å². The topological polar surface area (TPSA) is 66.5 Å². The van der Waals surface area contributed by atoms with Crippen LogP contribution in [0.1, 0.15) is 32.1 Å². The molecular weight excluding hydrogens is 372 g/mol. The molecule has 5 aliphatic rings. The molecule has 4 fully saturated rings. The van der Waals surface area contributed by atoms with Gasteiger partial charge in [-0.2, -0.15) is 0 Å². The molecule has 6 heteroatoms. The van der Waals surface area contributed by atoms with Crippen molar-refractivity contribution in [3.05, 3.63) is 36.4 Å². The summed E-state index contributed by atoms with van der Waals surface area (Å²) >= 11 is 0. The first-order valence-electron chi connectivity index (χ1n) is 10.3. The Morgan fingerprint density at radius 2 is 1.61 bits per heavy atom. The molecule has 2 aromatic carbocycles. The normalized spacial score (nSPS) is 34.1. The van der Waals surface area contributed by atoms with Gasteiger partial charge in [-0.15, -0.1) is 0 Å². The first-order chi connectivity index (χ1) is 13.5. The zero-order valence-electron chi connectivity index (χ0n) is 15.7. The molecule has 146 valence electrons. The SMILES string of the molecule is O=C(CN1c2cccc3cccc(c23)S1(=O)=O)NC1C2CC3CC(C2)CC1C3. The maximum Gasteiger partial charge on any atom is 0.265 e. The van der Waals surface area contributed by atoms with Crippen LogP contribution in [-0.2, 0) is 14.8 Å². The number of nitrogens with one attached hydrogen (secondary N) is 1. The predicted octanol–water partition coefficient (Wildman–Crippen LogP) is 3.29. The van der Waals surface area contributed by atoms with Gasteiger partial charge in [-0.3, -0.25) is 9.10 Å². The van der Waals surface area contributed by atoms with E-state index < -0.39 is 10.0 Å². The van der Waals surface area contributed by atoms with Gasteiger partial charge in [-0.1, -0.05) is 24.3 Å². The van der Waals surface area contributed by atoms with Crippen LogP contribution in [0.3, 0.4) is 0 Å². The van der Waals surface area contributed by atoms with E-state index in [1.807, 2.05) is 18.2 Å². The van der Waals surface area contributed by atoms with Crippen molar-refractivity contribution in [2.45, 2.75) is 43.0 Å². The molecule has 4 saturated carbocycles. The van der Waals surface area contributed by atoms with Gasteiger partial charge in [0.1, 0.15) is 6.54 Å². The lowest BCUT2D eigenvalue weighted by atomic mass is 9.54. The third kappa shape index (κ3) is 2.30. The summed E-state index contributed by atoms with van der Waals surface area (Å²) in [6, 6.07) is 11.1. The first-order valence-corrected chi connectivity index (χ1v) is 11.8. The molecule has 1 heterocycles. The van der Waals surface area contributed by atoms with Gasteiger partial charge in [-0.05, 0) is 73.3 Å². The molecule has 1 N–H and O–H groups in total. The van der Waals surface area contributed by atoms with E-state index in [4.69, 9.17) is 0 Å². The second kappa shape index (κ2) is 5.72.